The minimum atomic E-state index is 0.900. The highest BCUT2D eigenvalue weighted by molar-refractivity contribution is 9.10. The fourth-order valence-corrected chi connectivity index (χ4v) is 2.50. The molecule has 0 amide bonds. The molecule has 0 bridgehead atoms. The van der Waals surface area contributed by atoms with E-state index in [0.29, 0.717) is 0 Å². The van der Waals surface area contributed by atoms with Gasteiger partial charge in [0.05, 0.1) is 0 Å². The highest BCUT2D eigenvalue weighted by Crippen LogP contribution is 2.29. The number of nitrogens with one attached hydrogen (secondary N) is 1. The van der Waals surface area contributed by atoms with Crippen molar-refractivity contribution in [1.29, 1.82) is 0 Å². The van der Waals surface area contributed by atoms with Crippen molar-refractivity contribution in [3.8, 4) is 0 Å². The van der Waals surface area contributed by atoms with Crippen molar-refractivity contribution in [2.45, 2.75) is 30.3 Å². The van der Waals surface area contributed by atoms with E-state index in [1.54, 1.807) is 24.3 Å². The predicted octanol–water partition coefficient (Wildman–Crippen LogP) is 3.92. The fourth-order valence-electron chi connectivity index (χ4n) is 1.48. The molecule has 2 aromatic rings. The van der Waals surface area contributed by atoms with Gasteiger partial charge in [-0.1, -0.05) is 6.92 Å². The molecule has 1 N–H and O–H groups in total. The highest BCUT2D eigenvalue weighted by atomic mass is 79.9. The number of hydrogen-bond donors (Lipinski definition) is 1. The normalized spacial score (nSPS) is 10.5. The Kier molecular flexibility index (Phi) is 5.15. The summed E-state index contributed by atoms with van der Waals surface area (Å²) in [7, 11) is 0. The van der Waals surface area contributed by atoms with E-state index in [0.717, 1.165) is 38.9 Å². The van der Waals surface area contributed by atoms with E-state index >= 15 is 0 Å². The highest BCUT2D eigenvalue weighted by Gasteiger charge is 2.08. The molecule has 2 aromatic heterocycles. The fraction of sp³-hybridized carbons (Fsp3) is 0.308. The lowest BCUT2D eigenvalue weighted by atomic mass is 10.3. The molecule has 100 valence electrons. The summed E-state index contributed by atoms with van der Waals surface area (Å²) in [6.07, 6.45) is 4.45. The first-order valence-electron chi connectivity index (χ1n) is 6.05. The Morgan fingerprint density at radius 1 is 1.26 bits per heavy atom. The van der Waals surface area contributed by atoms with E-state index in [9.17, 15) is 0 Å². The smallest absolute Gasteiger partial charge is 0.133 e. The summed E-state index contributed by atoms with van der Waals surface area (Å²) in [4.78, 5) is 12.9. The van der Waals surface area contributed by atoms with Crippen LogP contribution in [0.4, 0.5) is 5.82 Å². The lowest BCUT2D eigenvalue weighted by Crippen LogP contribution is -2.05. The first kappa shape index (κ1) is 14.3. The molecule has 0 unspecified atom stereocenters. The monoisotopic (exact) mass is 338 g/mol. The topological polar surface area (TPSA) is 50.7 Å². The van der Waals surface area contributed by atoms with Gasteiger partial charge in [0.25, 0.3) is 0 Å². The second kappa shape index (κ2) is 6.86. The van der Waals surface area contributed by atoms with Crippen molar-refractivity contribution in [1.82, 2.24) is 15.0 Å². The van der Waals surface area contributed by atoms with Crippen LogP contribution in [0.25, 0.3) is 0 Å². The van der Waals surface area contributed by atoms with Gasteiger partial charge >= 0.3 is 0 Å². The average molecular weight is 339 g/mol. The molecule has 2 heterocycles. The SMILES string of the molecule is CCCNc1ncnc(Sc2ccc(Br)cn2)c1C. The third-order valence-electron chi connectivity index (χ3n) is 2.48. The van der Waals surface area contributed by atoms with E-state index in [1.165, 1.54) is 0 Å². The minimum Gasteiger partial charge on any atom is -0.370 e. The average Bonchev–Trinajstić information content (AvgIpc) is 2.42. The Labute approximate surface area is 125 Å². The molecular formula is C13H15BrN4S. The number of nitrogens with zero attached hydrogens (tertiary/aromatic N) is 3. The van der Waals surface area contributed by atoms with E-state index < -0.39 is 0 Å². The summed E-state index contributed by atoms with van der Waals surface area (Å²) >= 11 is 4.93. The Bertz CT molecular complexity index is 545. The van der Waals surface area contributed by atoms with Gasteiger partial charge in [-0.3, -0.25) is 0 Å². The van der Waals surface area contributed by atoms with Gasteiger partial charge < -0.3 is 5.32 Å². The van der Waals surface area contributed by atoms with Gasteiger partial charge in [0.2, 0.25) is 0 Å². The van der Waals surface area contributed by atoms with Gasteiger partial charge in [0.1, 0.15) is 22.2 Å². The van der Waals surface area contributed by atoms with Crippen molar-refractivity contribution in [3.63, 3.8) is 0 Å². The Balaban J connectivity index is 2.18. The summed E-state index contributed by atoms with van der Waals surface area (Å²) in [6, 6.07) is 3.94. The summed E-state index contributed by atoms with van der Waals surface area (Å²) in [5.41, 5.74) is 1.06. The summed E-state index contributed by atoms with van der Waals surface area (Å²) in [6.45, 7) is 5.07. The Morgan fingerprint density at radius 2 is 2.11 bits per heavy atom. The maximum absolute atomic E-state index is 4.34. The standard InChI is InChI=1S/C13H15BrN4S/c1-3-6-15-12-9(2)13(18-8-17-12)19-11-5-4-10(14)7-16-11/h4-5,7-8H,3,6H2,1-2H3,(H,15,17,18). The molecule has 0 fully saturated rings. The van der Waals surface area contributed by atoms with Crippen LogP contribution in [0.3, 0.4) is 0 Å². The van der Waals surface area contributed by atoms with Crippen LogP contribution >= 0.6 is 27.7 Å². The Morgan fingerprint density at radius 3 is 2.79 bits per heavy atom. The van der Waals surface area contributed by atoms with Crippen LogP contribution < -0.4 is 5.32 Å². The molecule has 2 rings (SSSR count). The maximum Gasteiger partial charge on any atom is 0.133 e. The zero-order valence-electron chi connectivity index (χ0n) is 10.9. The quantitative estimate of drug-likeness (QED) is 0.837. The van der Waals surface area contributed by atoms with Crippen molar-refractivity contribution >= 4 is 33.5 Å². The first-order valence-corrected chi connectivity index (χ1v) is 7.66. The number of aromatic nitrogens is 3. The maximum atomic E-state index is 4.34. The van der Waals surface area contributed by atoms with Crippen molar-refractivity contribution < 1.29 is 0 Å². The molecule has 0 radical (unpaired) electrons. The van der Waals surface area contributed by atoms with Gasteiger partial charge in [-0.05, 0) is 53.2 Å². The van der Waals surface area contributed by atoms with Gasteiger partial charge in [-0.15, -0.1) is 0 Å². The molecule has 0 aliphatic heterocycles. The number of pyridine rings is 1. The van der Waals surface area contributed by atoms with Crippen LogP contribution in [0, 0.1) is 6.92 Å². The van der Waals surface area contributed by atoms with E-state index in [1.807, 2.05) is 19.1 Å². The number of anilines is 1. The predicted molar refractivity (Wildman–Crippen MR) is 81.6 cm³/mol. The minimum absolute atomic E-state index is 0.900. The molecule has 0 aromatic carbocycles. The zero-order valence-corrected chi connectivity index (χ0v) is 13.3. The van der Waals surface area contributed by atoms with E-state index in [-0.39, 0.29) is 0 Å². The van der Waals surface area contributed by atoms with Crippen LogP contribution in [0.15, 0.2) is 39.2 Å². The first-order chi connectivity index (χ1) is 9.20. The van der Waals surface area contributed by atoms with Crippen LogP contribution in [0.2, 0.25) is 0 Å². The molecular weight excluding hydrogens is 324 g/mol. The number of hydrogen-bond acceptors (Lipinski definition) is 5. The van der Waals surface area contributed by atoms with Crippen LogP contribution in [-0.2, 0) is 0 Å². The van der Waals surface area contributed by atoms with Gasteiger partial charge in [-0.25, -0.2) is 15.0 Å². The molecule has 6 heteroatoms. The molecule has 19 heavy (non-hydrogen) atoms. The molecule has 0 saturated heterocycles. The van der Waals surface area contributed by atoms with Gasteiger partial charge in [0, 0.05) is 22.8 Å². The second-order valence-electron chi connectivity index (χ2n) is 4.00. The number of rotatable bonds is 5. The molecule has 4 nitrogen and oxygen atoms in total. The van der Waals surface area contributed by atoms with Crippen LogP contribution in [0.5, 0.6) is 0 Å². The molecule has 0 spiro atoms. The molecule has 0 saturated carbocycles. The third-order valence-corrected chi connectivity index (χ3v) is 4.01. The van der Waals surface area contributed by atoms with E-state index in [2.05, 4.69) is 43.1 Å². The van der Waals surface area contributed by atoms with Gasteiger partial charge in [-0.2, -0.15) is 0 Å². The third kappa shape index (κ3) is 3.91. The van der Waals surface area contributed by atoms with Crippen LogP contribution in [0.1, 0.15) is 18.9 Å². The zero-order chi connectivity index (χ0) is 13.7. The second-order valence-corrected chi connectivity index (χ2v) is 5.92. The van der Waals surface area contributed by atoms with Crippen molar-refractivity contribution in [2.24, 2.45) is 0 Å². The summed E-state index contributed by atoms with van der Waals surface area (Å²) in [5, 5.41) is 5.16. The lowest BCUT2D eigenvalue weighted by molar-refractivity contribution is 0.937. The lowest BCUT2D eigenvalue weighted by Gasteiger charge is -2.10. The van der Waals surface area contributed by atoms with Gasteiger partial charge in [0.15, 0.2) is 0 Å². The summed E-state index contributed by atoms with van der Waals surface area (Å²) in [5.74, 6) is 0.900. The van der Waals surface area contributed by atoms with Crippen LogP contribution in [-0.4, -0.2) is 21.5 Å². The molecule has 0 atom stereocenters. The molecule has 0 aliphatic rings. The number of halogens is 1. The van der Waals surface area contributed by atoms with E-state index in [4.69, 9.17) is 0 Å². The largest absolute Gasteiger partial charge is 0.370 e. The van der Waals surface area contributed by atoms with Crippen molar-refractivity contribution in [2.75, 3.05) is 11.9 Å². The Hall–Kier alpha value is -1.14. The van der Waals surface area contributed by atoms with Crippen molar-refractivity contribution in [3.05, 3.63) is 34.7 Å². The molecule has 0 aliphatic carbocycles. The summed E-state index contributed by atoms with van der Waals surface area (Å²) < 4.78 is 0.974.